The van der Waals surface area contributed by atoms with E-state index in [4.69, 9.17) is 32.7 Å². The fourth-order valence-electron chi connectivity index (χ4n) is 2.30. The van der Waals surface area contributed by atoms with Crippen LogP contribution in [-0.2, 0) is 23.2 Å². The maximum Gasteiger partial charge on any atom is 0.340 e. The highest BCUT2D eigenvalue weighted by Gasteiger charge is 2.17. The van der Waals surface area contributed by atoms with Crippen molar-refractivity contribution in [3.05, 3.63) is 51.1 Å². The molecule has 1 amide bonds. The van der Waals surface area contributed by atoms with Crippen molar-refractivity contribution in [2.75, 3.05) is 18.2 Å². The van der Waals surface area contributed by atoms with Crippen molar-refractivity contribution in [2.24, 2.45) is 7.05 Å². The summed E-state index contributed by atoms with van der Waals surface area (Å²) >= 11 is 14.5. The number of nitrogens with one attached hydrogen (secondary N) is 1. The molecule has 8 nitrogen and oxygen atoms in total. The fourth-order valence-corrected chi connectivity index (χ4v) is 4.15. The summed E-state index contributed by atoms with van der Waals surface area (Å²) in [6, 6.07) is 6.53. The zero-order valence-electron chi connectivity index (χ0n) is 15.8. The van der Waals surface area contributed by atoms with Crippen LogP contribution in [0.15, 0.2) is 34.8 Å². The molecule has 0 aliphatic carbocycles. The van der Waals surface area contributed by atoms with Crippen molar-refractivity contribution >= 4 is 63.2 Å². The number of halogens is 2. The van der Waals surface area contributed by atoms with Gasteiger partial charge in [0.05, 0.1) is 23.4 Å². The lowest BCUT2D eigenvalue weighted by Gasteiger charge is -2.08. The third-order valence-corrected chi connectivity index (χ3v) is 6.23. The molecule has 0 fully saturated rings. The average molecular weight is 487 g/mol. The first-order chi connectivity index (χ1) is 14.4. The van der Waals surface area contributed by atoms with E-state index in [1.54, 1.807) is 41.3 Å². The highest BCUT2D eigenvalue weighted by molar-refractivity contribution is 7.99. The van der Waals surface area contributed by atoms with E-state index in [1.807, 2.05) is 0 Å². The van der Waals surface area contributed by atoms with E-state index in [-0.39, 0.29) is 18.3 Å². The average Bonchev–Trinajstić information content (AvgIpc) is 3.33. The van der Waals surface area contributed by atoms with Crippen LogP contribution in [0, 0.1) is 0 Å². The highest BCUT2D eigenvalue weighted by Crippen LogP contribution is 2.28. The molecule has 158 valence electrons. The van der Waals surface area contributed by atoms with Gasteiger partial charge >= 0.3 is 5.97 Å². The van der Waals surface area contributed by atoms with E-state index in [2.05, 4.69) is 15.5 Å². The number of esters is 1. The van der Waals surface area contributed by atoms with Crippen LogP contribution >= 0.6 is 46.3 Å². The molecule has 0 saturated heterocycles. The van der Waals surface area contributed by atoms with E-state index < -0.39 is 5.97 Å². The van der Waals surface area contributed by atoms with E-state index in [0.717, 1.165) is 0 Å². The lowest BCUT2D eigenvalue weighted by molar-refractivity contribution is -0.113. The van der Waals surface area contributed by atoms with Gasteiger partial charge in [-0.3, -0.25) is 4.79 Å². The summed E-state index contributed by atoms with van der Waals surface area (Å²) in [5.74, 6) is 0.306. The predicted molar refractivity (Wildman–Crippen MR) is 117 cm³/mol. The molecule has 0 radical (unpaired) electrons. The van der Waals surface area contributed by atoms with Gasteiger partial charge in [0, 0.05) is 18.1 Å². The maximum atomic E-state index is 12.3. The summed E-state index contributed by atoms with van der Waals surface area (Å²) in [4.78, 5) is 23.9. The molecule has 0 saturated carbocycles. The standard InChI is InChI=1S/C18H16Cl2N4O4S2/c1-24-14(8-28-13-7-10(19)3-4-12(13)20)22-23-18(24)30-9-15(25)21-16-11(5-6-29-16)17(26)27-2/h3-7H,8-9H2,1-2H3,(H,21,25). The van der Waals surface area contributed by atoms with Gasteiger partial charge in [0.25, 0.3) is 0 Å². The molecule has 2 heterocycles. The van der Waals surface area contributed by atoms with Gasteiger partial charge in [-0.2, -0.15) is 0 Å². The van der Waals surface area contributed by atoms with Gasteiger partial charge < -0.3 is 19.4 Å². The molecule has 0 aliphatic rings. The third-order valence-electron chi connectivity index (χ3n) is 3.83. The Morgan fingerprint density at radius 3 is 2.83 bits per heavy atom. The molecule has 1 aromatic carbocycles. The molecule has 0 aliphatic heterocycles. The second-order valence-electron chi connectivity index (χ2n) is 5.81. The lowest BCUT2D eigenvalue weighted by atomic mass is 10.3. The van der Waals surface area contributed by atoms with Crippen molar-refractivity contribution < 1.29 is 19.1 Å². The minimum absolute atomic E-state index is 0.0888. The zero-order chi connectivity index (χ0) is 21.7. The number of thioether (sulfide) groups is 1. The van der Waals surface area contributed by atoms with Gasteiger partial charge in [-0.25, -0.2) is 4.79 Å². The molecule has 3 rings (SSSR count). The summed E-state index contributed by atoms with van der Waals surface area (Å²) < 4.78 is 12.1. The summed E-state index contributed by atoms with van der Waals surface area (Å²) in [6.45, 7) is 0.133. The van der Waals surface area contributed by atoms with Crippen LogP contribution in [0.4, 0.5) is 5.00 Å². The van der Waals surface area contributed by atoms with Crippen molar-refractivity contribution in [1.29, 1.82) is 0 Å². The Balaban J connectivity index is 1.56. The number of amides is 1. The summed E-state index contributed by atoms with van der Waals surface area (Å²) in [6.07, 6.45) is 0. The maximum absolute atomic E-state index is 12.3. The Morgan fingerprint density at radius 2 is 2.07 bits per heavy atom. The van der Waals surface area contributed by atoms with Crippen molar-refractivity contribution in [2.45, 2.75) is 11.8 Å². The first-order valence-corrected chi connectivity index (χ1v) is 11.1. The second kappa shape index (κ2) is 10.2. The van der Waals surface area contributed by atoms with Crippen LogP contribution in [0.25, 0.3) is 0 Å². The number of carbonyl (C=O) groups excluding carboxylic acids is 2. The van der Waals surface area contributed by atoms with Gasteiger partial charge in [0.15, 0.2) is 11.0 Å². The quantitative estimate of drug-likeness (QED) is 0.374. The highest BCUT2D eigenvalue weighted by atomic mass is 35.5. The molecular weight excluding hydrogens is 471 g/mol. The largest absolute Gasteiger partial charge is 0.484 e. The first-order valence-electron chi connectivity index (χ1n) is 8.43. The van der Waals surface area contributed by atoms with Gasteiger partial charge in [-0.15, -0.1) is 21.5 Å². The molecule has 0 bridgehead atoms. The minimum atomic E-state index is -0.503. The van der Waals surface area contributed by atoms with Gasteiger partial charge in [-0.05, 0) is 23.6 Å². The topological polar surface area (TPSA) is 95.3 Å². The second-order valence-corrected chi connectivity index (χ2v) is 8.52. The van der Waals surface area contributed by atoms with Crippen molar-refractivity contribution in [1.82, 2.24) is 14.8 Å². The first kappa shape index (κ1) is 22.4. The summed E-state index contributed by atoms with van der Waals surface area (Å²) in [5, 5.41) is 14.5. The Hall–Kier alpha value is -2.27. The van der Waals surface area contributed by atoms with Crippen molar-refractivity contribution in [3.8, 4) is 5.75 Å². The van der Waals surface area contributed by atoms with Crippen LogP contribution in [-0.4, -0.2) is 39.5 Å². The fraction of sp³-hybridized carbons (Fsp3) is 0.222. The smallest absolute Gasteiger partial charge is 0.340 e. The predicted octanol–water partition coefficient (Wildman–Crippen LogP) is 4.28. The Labute approximate surface area is 190 Å². The molecule has 2 aromatic heterocycles. The van der Waals surface area contributed by atoms with Crippen LogP contribution < -0.4 is 10.1 Å². The number of nitrogens with zero attached hydrogens (tertiary/aromatic N) is 3. The van der Waals surface area contributed by atoms with E-state index in [1.165, 1.54) is 30.2 Å². The monoisotopic (exact) mass is 486 g/mol. The Bertz CT molecular complexity index is 1070. The molecular formula is C18H16Cl2N4O4S2. The number of benzene rings is 1. The molecule has 1 N–H and O–H groups in total. The summed E-state index contributed by atoms with van der Waals surface area (Å²) in [7, 11) is 3.06. The lowest BCUT2D eigenvalue weighted by Crippen LogP contribution is -2.16. The van der Waals surface area contributed by atoms with E-state index >= 15 is 0 Å². The molecule has 12 heteroatoms. The molecule has 0 atom stereocenters. The van der Waals surface area contributed by atoms with Gasteiger partial charge in [0.1, 0.15) is 17.4 Å². The molecule has 3 aromatic rings. The number of ether oxygens (including phenoxy) is 2. The summed E-state index contributed by atoms with van der Waals surface area (Å²) in [5.41, 5.74) is 0.318. The number of thiophene rings is 1. The number of aromatic nitrogens is 3. The Kier molecular flexibility index (Phi) is 7.59. The molecule has 30 heavy (non-hydrogen) atoms. The number of methoxy groups -OCH3 is 1. The van der Waals surface area contributed by atoms with Crippen LogP contribution in [0.5, 0.6) is 5.75 Å². The molecule has 0 spiro atoms. The minimum Gasteiger partial charge on any atom is -0.484 e. The third kappa shape index (κ3) is 5.45. The van der Waals surface area contributed by atoms with E-state index in [0.29, 0.717) is 37.3 Å². The van der Waals surface area contributed by atoms with Gasteiger partial charge in [0.2, 0.25) is 5.91 Å². The SMILES string of the molecule is COC(=O)c1ccsc1NC(=O)CSc1nnc(COc2cc(Cl)ccc2Cl)n1C. The van der Waals surface area contributed by atoms with Crippen LogP contribution in [0.2, 0.25) is 10.0 Å². The van der Waals surface area contributed by atoms with E-state index in [9.17, 15) is 9.59 Å². The van der Waals surface area contributed by atoms with Crippen LogP contribution in [0.1, 0.15) is 16.2 Å². The van der Waals surface area contributed by atoms with Crippen LogP contribution in [0.3, 0.4) is 0 Å². The zero-order valence-corrected chi connectivity index (χ0v) is 19.0. The number of rotatable bonds is 8. The Morgan fingerprint density at radius 1 is 1.27 bits per heavy atom. The molecule has 0 unspecified atom stereocenters. The number of anilines is 1. The van der Waals surface area contributed by atoms with Gasteiger partial charge in [-0.1, -0.05) is 35.0 Å². The number of hydrogen-bond donors (Lipinski definition) is 1. The number of carbonyl (C=O) groups is 2. The number of hydrogen-bond acceptors (Lipinski definition) is 8. The normalized spacial score (nSPS) is 10.7. The van der Waals surface area contributed by atoms with Crippen molar-refractivity contribution in [3.63, 3.8) is 0 Å².